The molecule has 0 radical (unpaired) electrons. The summed E-state index contributed by atoms with van der Waals surface area (Å²) in [6.45, 7) is 4.96. The van der Waals surface area contributed by atoms with E-state index in [9.17, 15) is 4.79 Å². The molecule has 1 saturated carbocycles. The highest BCUT2D eigenvalue weighted by Crippen LogP contribution is 2.32. The summed E-state index contributed by atoms with van der Waals surface area (Å²) in [4.78, 5) is 23.9. The number of ketones is 1. The predicted molar refractivity (Wildman–Crippen MR) is 112 cm³/mol. The van der Waals surface area contributed by atoms with Crippen molar-refractivity contribution in [2.24, 2.45) is 11.8 Å². The van der Waals surface area contributed by atoms with Gasteiger partial charge in [0.2, 0.25) is 0 Å². The number of anilines is 1. The van der Waals surface area contributed by atoms with Crippen molar-refractivity contribution in [3.05, 3.63) is 29.0 Å². The van der Waals surface area contributed by atoms with Crippen molar-refractivity contribution in [3.8, 4) is 0 Å². The van der Waals surface area contributed by atoms with E-state index in [1.807, 2.05) is 19.9 Å². The molecule has 0 aromatic carbocycles. The molecule has 1 fully saturated rings. The summed E-state index contributed by atoms with van der Waals surface area (Å²) in [7, 11) is 4.26. The Hall–Kier alpha value is -1.72. The molecule has 0 bridgehead atoms. The minimum absolute atomic E-state index is 0.0787. The fourth-order valence-corrected chi connectivity index (χ4v) is 4.04. The van der Waals surface area contributed by atoms with Gasteiger partial charge in [-0.05, 0) is 57.8 Å². The Morgan fingerprint density at radius 2 is 1.96 bits per heavy atom. The normalized spacial score (nSPS) is 20.4. The molecule has 1 N–H and O–H groups in total. The van der Waals surface area contributed by atoms with Crippen LogP contribution in [0.5, 0.6) is 0 Å². The molecule has 0 aliphatic heterocycles. The van der Waals surface area contributed by atoms with Crippen LogP contribution in [0.15, 0.2) is 18.3 Å². The number of rotatable bonds is 6. The SMILES string of the molecule is CC(C)C(=O)c1cnc2ccc(Cl)nc2c1N[C@H]1CC[C@H](CN(C)C)CC1. The molecule has 3 rings (SSSR count). The molecule has 1 aliphatic carbocycles. The Bertz CT molecular complexity index is 813. The van der Waals surface area contributed by atoms with Gasteiger partial charge in [-0.1, -0.05) is 25.4 Å². The third kappa shape index (κ3) is 4.77. The van der Waals surface area contributed by atoms with Crippen LogP contribution in [-0.2, 0) is 0 Å². The first-order valence-corrected chi connectivity index (χ1v) is 10.1. The highest BCUT2D eigenvalue weighted by atomic mass is 35.5. The summed E-state index contributed by atoms with van der Waals surface area (Å²) in [5.74, 6) is 0.728. The Labute approximate surface area is 166 Å². The first-order valence-electron chi connectivity index (χ1n) is 9.76. The first-order chi connectivity index (χ1) is 12.8. The van der Waals surface area contributed by atoms with Gasteiger partial charge >= 0.3 is 0 Å². The molecule has 2 heterocycles. The molecule has 6 heteroatoms. The van der Waals surface area contributed by atoms with Crippen LogP contribution in [0.4, 0.5) is 5.69 Å². The topological polar surface area (TPSA) is 58.1 Å². The maximum atomic E-state index is 12.8. The van der Waals surface area contributed by atoms with Crippen molar-refractivity contribution >= 4 is 34.1 Å². The summed E-state index contributed by atoms with van der Waals surface area (Å²) in [5.41, 5.74) is 2.84. The fraction of sp³-hybridized carbons (Fsp3) is 0.571. The van der Waals surface area contributed by atoms with Gasteiger partial charge in [-0.15, -0.1) is 0 Å². The van der Waals surface area contributed by atoms with E-state index in [-0.39, 0.29) is 11.7 Å². The maximum Gasteiger partial charge on any atom is 0.169 e. The lowest BCUT2D eigenvalue weighted by molar-refractivity contribution is 0.0940. The van der Waals surface area contributed by atoms with E-state index in [2.05, 4.69) is 34.3 Å². The van der Waals surface area contributed by atoms with E-state index in [1.165, 1.54) is 12.8 Å². The molecular formula is C21H29ClN4O. The number of carbonyl (C=O) groups excluding carboxylic acids is 1. The number of fused-ring (bicyclic) bond motifs is 1. The highest BCUT2D eigenvalue weighted by Gasteiger charge is 2.25. The lowest BCUT2D eigenvalue weighted by Gasteiger charge is -2.31. The zero-order valence-electron chi connectivity index (χ0n) is 16.6. The number of aromatic nitrogens is 2. The van der Waals surface area contributed by atoms with E-state index < -0.39 is 0 Å². The number of carbonyl (C=O) groups is 1. The summed E-state index contributed by atoms with van der Waals surface area (Å²) in [6.07, 6.45) is 6.26. The summed E-state index contributed by atoms with van der Waals surface area (Å²) in [6, 6.07) is 3.93. The van der Waals surface area contributed by atoms with Gasteiger partial charge in [0.15, 0.2) is 5.78 Å². The van der Waals surface area contributed by atoms with Gasteiger partial charge in [0.25, 0.3) is 0 Å². The summed E-state index contributed by atoms with van der Waals surface area (Å²) in [5, 5.41) is 4.05. The van der Waals surface area contributed by atoms with E-state index in [4.69, 9.17) is 11.6 Å². The van der Waals surface area contributed by atoms with E-state index in [0.717, 1.165) is 36.5 Å². The van der Waals surface area contributed by atoms with Crippen molar-refractivity contribution < 1.29 is 4.79 Å². The predicted octanol–water partition coefficient (Wildman–Crippen LogP) is 4.65. The lowest BCUT2D eigenvalue weighted by Crippen LogP contribution is -2.31. The summed E-state index contributed by atoms with van der Waals surface area (Å²) < 4.78 is 0. The van der Waals surface area contributed by atoms with Crippen LogP contribution in [-0.4, -0.2) is 47.3 Å². The number of hydrogen-bond donors (Lipinski definition) is 1. The monoisotopic (exact) mass is 388 g/mol. The first kappa shape index (κ1) is 20.0. The Kier molecular flexibility index (Phi) is 6.33. The number of hydrogen-bond acceptors (Lipinski definition) is 5. The van der Waals surface area contributed by atoms with Crippen molar-refractivity contribution in [2.75, 3.05) is 26.0 Å². The zero-order valence-corrected chi connectivity index (χ0v) is 17.4. The molecule has 0 spiro atoms. The molecule has 0 saturated heterocycles. The van der Waals surface area contributed by atoms with Crippen molar-refractivity contribution in [2.45, 2.75) is 45.6 Å². The van der Waals surface area contributed by atoms with E-state index >= 15 is 0 Å². The molecule has 5 nitrogen and oxygen atoms in total. The number of nitrogens with zero attached hydrogens (tertiary/aromatic N) is 3. The van der Waals surface area contributed by atoms with Gasteiger partial charge in [-0.25, -0.2) is 4.98 Å². The quantitative estimate of drug-likeness (QED) is 0.576. The second-order valence-electron chi connectivity index (χ2n) is 8.19. The van der Waals surface area contributed by atoms with Gasteiger partial charge in [0.05, 0.1) is 16.8 Å². The zero-order chi connectivity index (χ0) is 19.6. The van der Waals surface area contributed by atoms with Gasteiger partial charge in [-0.2, -0.15) is 0 Å². The third-order valence-electron chi connectivity index (χ3n) is 5.29. The molecular weight excluding hydrogens is 360 g/mol. The van der Waals surface area contributed by atoms with Crippen LogP contribution < -0.4 is 5.32 Å². The van der Waals surface area contributed by atoms with Crippen LogP contribution >= 0.6 is 11.6 Å². The molecule has 1 aliphatic rings. The van der Waals surface area contributed by atoms with Crippen molar-refractivity contribution in [1.82, 2.24) is 14.9 Å². The second kappa shape index (κ2) is 8.53. The van der Waals surface area contributed by atoms with Crippen LogP contribution in [0.2, 0.25) is 5.15 Å². The number of halogens is 1. The van der Waals surface area contributed by atoms with Crippen LogP contribution in [0, 0.1) is 11.8 Å². The molecule has 2 aromatic rings. The largest absolute Gasteiger partial charge is 0.380 e. The standard InChI is InChI=1S/C21H29ClN4O/c1-13(2)21(27)16-11-23-17-9-10-18(22)25-20(17)19(16)24-15-7-5-14(6-8-15)12-26(3)4/h9-11,13-15H,5-8,12H2,1-4H3,(H,23,24)/t14-,15-. The van der Waals surface area contributed by atoms with Crippen LogP contribution in [0.1, 0.15) is 49.9 Å². The fourth-order valence-electron chi connectivity index (χ4n) is 3.90. The Balaban J connectivity index is 1.89. The van der Waals surface area contributed by atoms with Gasteiger partial charge in [0, 0.05) is 24.7 Å². The Morgan fingerprint density at radius 3 is 2.59 bits per heavy atom. The average molecular weight is 389 g/mol. The minimum atomic E-state index is -0.0974. The number of pyridine rings is 2. The van der Waals surface area contributed by atoms with E-state index in [0.29, 0.717) is 22.3 Å². The molecule has 0 unspecified atom stereocenters. The number of nitrogens with one attached hydrogen (secondary N) is 1. The van der Waals surface area contributed by atoms with Crippen LogP contribution in [0.3, 0.4) is 0 Å². The molecule has 146 valence electrons. The molecule has 27 heavy (non-hydrogen) atoms. The van der Waals surface area contributed by atoms with Crippen molar-refractivity contribution in [3.63, 3.8) is 0 Å². The third-order valence-corrected chi connectivity index (χ3v) is 5.50. The minimum Gasteiger partial charge on any atom is -0.380 e. The second-order valence-corrected chi connectivity index (χ2v) is 8.58. The molecule has 0 amide bonds. The maximum absolute atomic E-state index is 12.8. The molecule has 0 atom stereocenters. The lowest BCUT2D eigenvalue weighted by atomic mass is 9.85. The number of Topliss-reactive ketones (excluding diaryl/α,β-unsaturated/α-hetero) is 1. The highest BCUT2D eigenvalue weighted by molar-refractivity contribution is 6.30. The smallest absolute Gasteiger partial charge is 0.169 e. The Morgan fingerprint density at radius 1 is 1.26 bits per heavy atom. The summed E-state index contributed by atoms with van der Waals surface area (Å²) >= 11 is 6.14. The van der Waals surface area contributed by atoms with Gasteiger partial charge in [-0.3, -0.25) is 9.78 Å². The average Bonchev–Trinajstić information content (AvgIpc) is 2.62. The van der Waals surface area contributed by atoms with Crippen molar-refractivity contribution in [1.29, 1.82) is 0 Å². The van der Waals surface area contributed by atoms with Gasteiger partial charge in [0.1, 0.15) is 10.7 Å². The van der Waals surface area contributed by atoms with Crippen LogP contribution in [0.25, 0.3) is 11.0 Å². The van der Waals surface area contributed by atoms with E-state index in [1.54, 1.807) is 12.3 Å². The van der Waals surface area contributed by atoms with Gasteiger partial charge < -0.3 is 10.2 Å². The molecule has 2 aromatic heterocycles.